The van der Waals surface area contributed by atoms with E-state index < -0.39 is 5.60 Å². The summed E-state index contributed by atoms with van der Waals surface area (Å²) in [7, 11) is 0. The number of carbonyl (C=O) groups excluding carboxylic acids is 1. The number of hydrogen-bond donors (Lipinski definition) is 3. The summed E-state index contributed by atoms with van der Waals surface area (Å²) >= 11 is 1.57. The predicted molar refractivity (Wildman–Crippen MR) is 92.1 cm³/mol. The van der Waals surface area contributed by atoms with Gasteiger partial charge in [0.05, 0.1) is 11.6 Å². The van der Waals surface area contributed by atoms with E-state index in [1.165, 1.54) is 6.42 Å². The van der Waals surface area contributed by atoms with Gasteiger partial charge in [-0.15, -0.1) is 0 Å². The van der Waals surface area contributed by atoms with E-state index in [1.54, 1.807) is 18.7 Å². The Labute approximate surface area is 137 Å². The molecule has 2 rings (SSSR count). The third kappa shape index (κ3) is 4.92. The smallest absolute Gasteiger partial charge is 0.315 e. The average Bonchev–Trinajstić information content (AvgIpc) is 2.44. The van der Waals surface area contributed by atoms with Gasteiger partial charge in [0.1, 0.15) is 0 Å². The van der Waals surface area contributed by atoms with Gasteiger partial charge in [0.2, 0.25) is 0 Å². The van der Waals surface area contributed by atoms with Crippen molar-refractivity contribution in [3.8, 4) is 0 Å². The highest BCUT2D eigenvalue weighted by atomic mass is 32.2. The van der Waals surface area contributed by atoms with Crippen LogP contribution in [0.2, 0.25) is 0 Å². The van der Waals surface area contributed by atoms with E-state index in [1.807, 2.05) is 24.5 Å². The zero-order valence-electron chi connectivity index (χ0n) is 13.3. The lowest BCUT2D eigenvalue weighted by molar-refractivity contribution is 0.0864. The van der Waals surface area contributed by atoms with E-state index in [0.29, 0.717) is 11.7 Å². The molecule has 1 aromatic carbocycles. The molecule has 1 aromatic rings. The number of hydrogen-bond acceptors (Lipinski definition) is 3. The molecule has 122 valence electrons. The molecule has 4 nitrogen and oxygen atoms in total. The molecule has 1 saturated carbocycles. The number of rotatable bonds is 7. The predicted octanol–water partition coefficient (Wildman–Crippen LogP) is 2.94. The number of nitrogens with one attached hydrogen (secondary N) is 2. The quantitative estimate of drug-likeness (QED) is 0.723. The molecular weight excluding hydrogens is 296 g/mol. The first-order valence-electron chi connectivity index (χ1n) is 7.82. The lowest BCUT2D eigenvalue weighted by Gasteiger charge is -2.35. The van der Waals surface area contributed by atoms with Gasteiger partial charge < -0.3 is 15.7 Å². The van der Waals surface area contributed by atoms with Crippen LogP contribution in [0.15, 0.2) is 30.3 Å². The van der Waals surface area contributed by atoms with Crippen LogP contribution in [0.1, 0.15) is 37.8 Å². The summed E-state index contributed by atoms with van der Waals surface area (Å²) in [5, 5.41) is 16.0. The number of carbonyl (C=O) groups is 1. The molecule has 0 heterocycles. The van der Waals surface area contributed by atoms with Crippen LogP contribution in [0.5, 0.6) is 0 Å². The van der Waals surface area contributed by atoms with Gasteiger partial charge in [-0.05, 0) is 37.5 Å². The number of aliphatic hydroxyl groups is 1. The Bertz CT molecular complexity index is 475. The molecule has 2 amide bonds. The Morgan fingerprint density at radius 1 is 1.41 bits per heavy atom. The largest absolute Gasteiger partial charge is 0.387 e. The van der Waals surface area contributed by atoms with Crippen LogP contribution in [-0.2, 0) is 0 Å². The maximum Gasteiger partial charge on any atom is 0.315 e. The standard InChI is InChI=1S/C17H26N2O2S/c1-17(21,12-22-2)11-18-16(20)19-15(14-9-6-10-14)13-7-4-3-5-8-13/h3-5,7-8,14-15,21H,6,9-12H2,1-2H3,(H2,18,19,20). The van der Waals surface area contributed by atoms with Gasteiger partial charge in [0, 0.05) is 12.3 Å². The van der Waals surface area contributed by atoms with Crippen LogP contribution in [0.25, 0.3) is 0 Å². The topological polar surface area (TPSA) is 61.4 Å². The van der Waals surface area contributed by atoms with E-state index in [-0.39, 0.29) is 18.6 Å². The van der Waals surface area contributed by atoms with Gasteiger partial charge in [0.15, 0.2) is 0 Å². The fourth-order valence-corrected chi connectivity index (χ4v) is 3.46. The molecule has 0 bridgehead atoms. The summed E-state index contributed by atoms with van der Waals surface area (Å²) in [6, 6.07) is 9.97. The van der Waals surface area contributed by atoms with Crippen LogP contribution < -0.4 is 10.6 Å². The van der Waals surface area contributed by atoms with Crippen LogP contribution in [0.3, 0.4) is 0 Å². The second kappa shape index (κ2) is 7.88. The van der Waals surface area contributed by atoms with Crippen LogP contribution in [-0.4, -0.2) is 35.3 Å². The SMILES string of the molecule is CSCC(C)(O)CNC(=O)NC(c1ccccc1)C1CCC1. The Kier molecular flexibility index (Phi) is 6.15. The van der Waals surface area contributed by atoms with Crippen molar-refractivity contribution in [2.45, 2.75) is 37.8 Å². The number of benzene rings is 1. The summed E-state index contributed by atoms with van der Waals surface area (Å²) in [6.07, 6.45) is 5.49. The highest BCUT2D eigenvalue weighted by Gasteiger charge is 2.30. The zero-order chi connectivity index (χ0) is 16.0. The molecule has 0 spiro atoms. The highest BCUT2D eigenvalue weighted by molar-refractivity contribution is 7.98. The van der Waals surface area contributed by atoms with Crippen molar-refractivity contribution in [1.82, 2.24) is 10.6 Å². The van der Waals surface area contributed by atoms with Crippen molar-refractivity contribution < 1.29 is 9.90 Å². The maximum absolute atomic E-state index is 12.2. The number of thioether (sulfide) groups is 1. The zero-order valence-corrected chi connectivity index (χ0v) is 14.2. The first kappa shape index (κ1) is 17.2. The van der Waals surface area contributed by atoms with Gasteiger partial charge in [-0.3, -0.25) is 0 Å². The van der Waals surface area contributed by atoms with Crippen molar-refractivity contribution >= 4 is 17.8 Å². The van der Waals surface area contributed by atoms with Crippen molar-refractivity contribution in [3.05, 3.63) is 35.9 Å². The van der Waals surface area contributed by atoms with Crippen molar-refractivity contribution in [1.29, 1.82) is 0 Å². The molecular formula is C17H26N2O2S. The molecule has 2 atom stereocenters. The molecule has 2 unspecified atom stereocenters. The minimum atomic E-state index is -0.879. The molecule has 0 aromatic heterocycles. The molecule has 5 heteroatoms. The molecule has 0 aliphatic heterocycles. The van der Waals surface area contributed by atoms with E-state index in [9.17, 15) is 9.90 Å². The first-order valence-corrected chi connectivity index (χ1v) is 9.22. The van der Waals surface area contributed by atoms with E-state index in [4.69, 9.17) is 0 Å². The van der Waals surface area contributed by atoms with Crippen LogP contribution in [0, 0.1) is 5.92 Å². The number of urea groups is 1. The summed E-state index contributed by atoms with van der Waals surface area (Å²) in [5.74, 6) is 1.11. The van der Waals surface area contributed by atoms with Gasteiger partial charge in [-0.1, -0.05) is 36.8 Å². The van der Waals surface area contributed by atoms with Gasteiger partial charge >= 0.3 is 6.03 Å². The lowest BCUT2D eigenvalue weighted by atomic mass is 9.77. The first-order chi connectivity index (χ1) is 10.5. The summed E-state index contributed by atoms with van der Waals surface area (Å²) in [4.78, 5) is 12.2. The number of amides is 2. The van der Waals surface area contributed by atoms with E-state index in [2.05, 4.69) is 22.8 Å². The highest BCUT2D eigenvalue weighted by Crippen LogP contribution is 2.37. The maximum atomic E-state index is 12.2. The normalized spacial score (nSPS) is 18.9. The van der Waals surface area contributed by atoms with Crippen molar-refractivity contribution in [3.63, 3.8) is 0 Å². The summed E-state index contributed by atoms with van der Waals surface area (Å²) < 4.78 is 0. The molecule has 0 saturated heterocycles. The van der Waals surface area contributed by atoms with Crippen molar-refractivity contribution in [2.24, 2.45) is 5.92 Å². The Morgan fingerprint density at radius 2 is 2.09 bits per heavy atom. The second-order valence-electron chi connectivity index (χ2n) is 6.34. The minimum absolute atomic E-state index is 0.0560. The van der Waals surface area contributed by atoms with Gasteiger partial charge in [-0.25, -0.2) is 4.79 Å². The van der Waals surface area contributed by atoms with Crippen molar-refractivity contribution in [2.75, 3.05) is 18.6 Å². The monoisotopic (exact) mass is 322 g/mol. The Balaban J connectivity index is 1.92. The van der Waals surface area contributed by atoms with Crippen LogP contribution in [0.4, 0.5) is 4.79 Å². The molecule has 3 N–H and O–H groups in total. The fraction of sp³-hybridized carbons (Fsp3) is 0.588. The van der Waals surface area contributed by atoms with Gasteiger partial charge in [0.25, 0.3) is 0 Å². The third-order valence-corrected chi connectivity index (χ3v) is 5.06. The lowest BCUT2D eigenvalue weighted by Crippen LogP contribution is -2.48. The average molecular weight is 322 g/mol. The summed E-state index contributed by atoms with van der Waals surface area (Å²) in [6.45, 7) is 2.00. The van der Waals surface area contributed by atoms with Crippen LogP contribution >= 0.6 is 11.8 Å². The third-order valence-electron chi connectivity index (χ3n) is 4.15. The molecule has 22 heavy (non-hydrogen) atoms. The molecule has 0 radical (unpaired) electrons. The van der Waals surface area contributed by atoms with E-state index in [0.717, 1.165) is 18.4 Å². The molecule has 1 aliphatic rings. The van der Waals surface area contributed by atoms with E-state index >= 15 is 0 Å². The molecule has 1 aliphatic carbocycles. The second-order valence-corrected chi connectivity index (χ2v) is 7.20. The Morgan fingerprint density at radius 3 is 2.64 bits per heavy atom. The molecule has 1 fully saturated rings. The Hall–Kier alpha value is -1.20. The summed E-state index contributed by atoms with van der Waals surface area (Å²) in [5.41, 5.74) is 0.272. The minimum Gasteiger partial charge on any atom is -0.387 e. The fourth-order valence-electron chi connectivity index (χ4n) is 2.73. The van der Waals surface area contributed by atoms with Gasteiger partial charge in [-0.2, -0.15) is 11.8 Å².